The molecule has 1 aromatic carbocycles. The number of hydrogen-bond acceptors (Lipinski definition) is 4. The maximum Gasteiger partial charge on any atom is 0.410 e. The first-order valence-electron chi connectivity index (χ1n) is 8.01. The van der Waals surface area contributed by atoms with Crippen LogP contribution in [-0.2, 0) is 16.1 Å². The minimum absolute atomic E-state index is 0.146. The minimum Gasteiger partial charge on any atom is -0.480 e. The van der Waals surface area contributed by atoms with Gasteiger partial charge in [0, 0.05) is 12.1 Å². The normalized spacial score (nSPS) is 29.9. The lowest BCUT2D eigenvalue weighted by molar-refractivity contribution is -0.148. The molecule has 1 amide bonds. The molecule has 0 radical (unpaired) electrons. The number of carboxylic acid groups (broad SMARTS) is 1. The van der Waals surface area contributed by atoms with Crippen molar-refractivity contribution in [1.82, 2.24) is 4.90 Å². The van der Waals surface area contributed by atoms with E-state index in [4.69, 9.17) is 10.5 Å². The zero-order valence-electron chi connectivity index (χ0n) is 13.0. The summed E-state index contributed by atoms with van der Waals surface area (Å²) in [4.78, 5) is 25.6. The van der Waals surface area contributed by atoms with Gasteiger partial charge in [0.25, 0.3) is 0 Å². The first-order valence-corrected chi connectivity index (χ1v) is 8.01. The number of hydrogen-bond donors (Lipinski definition) is 2. The van der Waals surface area contributed by atoms with Gasteiger partial charge in [-0.05, 0) is 37.7 Å². The molecule has 2 bridgehead atoms. The summed E-state index contributed by atoms with van der Waals surface area (Å²) in [5.41, 5.74) is 5.74. The van der Waals surface area contributed by atoms with Gasteiger partial charge in [-0.1, -0.05) is 30.3 Å². The first-order chi connectivity index (χ1) is 11.0. The Morgan fingerprint density at radius 3 is 2.39 bits per heavy atom. The minimum atomic E-state index is -1.23. The van der Waals surface area contributed by atoms with Crippen molar-refractivity contribution in [2.24, 2.45) is 5.73 Å². The third-order valence-corrected chi connectivity index (χ3v) is 4.90. The topological polar surface area (TPSA) is 92.9 Å². The van der Waals surface area contributed by atoms with Gasteiger partial charge < -0.3 is 20.5 Å². The average molecular weight is 318 g/mol. The number of benzene rings is 1. The quantitative estimate of drug-likeness (QED) is 0.890. The molecule has 6 nitrogen and oxygen atoms in total. The van der Waals surface area contributed by atoms with Crippen LogP contribution in [0.1, 0.15) is 37.7 Å². The number of piperidine rings is 2. The number of rotatable bonds is 3. The molecule has 124 valence electrons. The van der Waals surface area contributed by atoms with Gasteiger partial charge in [0.1, 0.15) is 12.1 Å². The Bertz CT molecular complexity index is 576. The van der Waals surface area contributed by atoms with Gasteiger partial charge in [-0.2, -0.15) is 0 Å². The fraction of sp³-hybridized carbons (Fsp3) is 0.529. The van der Waals surface area contributed by atoms with E-state index in [1.807, 2.05) is 30.3 Å². The molecule has 2 heterocycles. The highest BCUT2D eigenvalue weighted by atomic mass is 16.6. The SMILES string of the molecule is NC1(C(=O)O)CC2CCCC(C1)N2C(=O)OCc1ccccc1. The van der Waals surface area contributed by atoms with Gasteiger partial charge in [0.2, 0.25) is 0 Å². The van der Waals surface area contributed by atoms with E-state index in [0.717, 1.165) is 24.8 Å². The molecule has 2 aliphatic rings. The molecule has 2 unspecified atom stereocenters. The van der Waals surface area contributed by atoms with E-state index < -0.39 is 11.5 Å². The lowest BCUT2D eigenvalue weighted by Crippen LogP contribution is -2.65. The number of nitrogens with zero attached hydrogens (tertiary/aromatic N) is 1. The molecule has 2 fully saturated rings. The molecular weight excluding hydrogens is 296 g/mol. The number of aliphatic carboxylic acids is 1. The van der Waals surface area contributed by atoms with Crippen LogP contribution in [0.3, 0.4) is 0 Å². The van der Waals surface area contributed by atoms with Gasteiger partial charge in [-0.3, -0.25) is 4.79 Å². The predicted octanol–water partition coefficient (Wildman–Crippen LogP) is 2.12. The van der Waals surface area contributed by atoms with E-state index in [-0.39, 0.29) is 24.8 Å². The number of amides is 1. The Labute approximate surface area is 135 Å². The molecule has 3 rings (SSSR count). The smallest absolute Gasteiger partial charge is 0.410 e. The molecule has 0 aliphatic carbocycles. The van der Waals surface area contributed by atoms with Crippen molar-refractivity contribution < 1.29 is 19.4 Å². The summed E-state index contributed by atoms with van der Waals surface area (Å²) in [5, 5.41) is 9.37. The number of ether oxygens (including phenoxy) is 1. The first kappa shape index (κ1) is 15.8. The maximum absolute atomic E-state index is 12.5. The van der Waals surface area contributed by atoms with Gasteiger partial charge in [-0.25, -0.2) is 4.79 Å². The van der Waals surface area contributed by atoms with Crippen LogP contribution in [-0.4, -0.2) is 39.7 Å². The average Bonchev–Trinajstić information content (AvgIpc) is 2.52. The van der Waals surface area contributed by atoms with E-state index in [1.165, 1.54) is 0 Å². The summed E-state index contributed by atoms with van der Waals surface area (Å²) < 4.78 is 5.43. The van der Waals surface area contributed by atoms with Crippen molar-refractivity contribution in [2.75, 3.05) is 0 Å². The second-order valence-corrected chi connectivity index (χ2v) is 6.56. The predicted molar refractivity (Wildman–Crippen MR) is 83.7 cm³/mol. The number of nitrogens with two attached hydrogens (primary N) is 1. The Morgan fingerprint density at radius 2 is 1.83 bits per heavy atom. The van der Waals surface area contributed by atoms with Gasteiger partial charge in [-0.15, -0.1) is 0 Å². The molecular formula is C17H22N2O4. The molecule has 1 aromatic rings. The van der Waals surface area contributed by atoms with Crippen molar-refractivity contribution in [3.63, 3.8) is 0 Å². The summed E-state index contributed by atoms with van der Waals surface area (Å²) in [6.45, 7) is 0.225. The van der Waals surface area contributed by atoms with Crippen LogP contribution >= 0.6 is 0 Å². The largest absolute Gasteiger partial charge is 0.480 e. The van der Waals surface area contributed by atoms with Crippen molar-refractivity contribution >= 4 is 12.1 Å². The van der Waals surface area contributed by atoms with Crippen molar-refractivity contribution in [2.45, 2.75) is 56.3 Å². The Kier molecular flexibility index (Phi) is 4.26. The molecule has 0 aromatic heterocycles. The fourth-order valence-electron chi connectivity index (χ4n) is 3.76. The number of carbonyl (C=O) groups excluding carboxylic acids is 1. The van der Waals surface area contributed by atoms with Crippen LogP contribution in [0.2, 0.25) is 0 Å². The summed E-state index contributed by atoms with van der Waals surface area (Å²) >= 11 is 0. The second-order valence-electron chi connectivity index (χ2n) is 6.56. The monoisotopic (exact) mass is 318 g/mol. The number of fused-ring (bicyclic) bond motifs is 2. The van der Waals surface area contributed by atoms with E-state index in [9.17, 15) is 14.7 Å². The van der Waals surface area contributed by atoms with Gasteiger partial charge >= 0.3 is 12.1 Å². The fourth-order valence-corrected chi connectivity index (χ4v) is 3.76. The van der Waals surface area contributed by atoms with Crippen LogP contribution in [0, 0.1) is 0 Å². The van der Waals surface area contributed by atoms with Crippen LogP contribution < -0.4 is 5.73 Å². The van der Waals surface area contributed by atoms with Crippen LogP contribution in [0.15, 0.2) is 30.3 Å². The maximum atomic E-state index is 12.5. The highest BCUT2D eigenvalue weighted by Gasteiger charge is 2.50. The van der Waals surface area contributed by atoms with Crippen molar-refractivity contribution in [3.8, 4) is 0 Å². The molecule has 0 spiro atoms. The molecule has 3 N–H and O–H groups in total. The third-order valence-electron chi connectivity index (χ3n) is 4.90. The standard InChI is InChI=1S/C17H22N2O4/c18-17(15(20)21)9-13-7-4-8-14(10-17)19(13)16(22)23-11-12-5-2-1-3-6-12/h1-3,5-6,13-14H,4,7-11,18H2,(H,20,21). The lowest BCUT2D eigenvalue weighted by Gasteiger charge is -2.50. The van der Waals surface area contributed by atoms with Crippen LogP contribution in [0.4, 0.5) is 4.79 Å². The molecule has 6 heteroatoms. The number of carbonyl (C=O) groups is 2. The third kappa shape index (κ3) is 3.17. The van der Waals surface area contributed by atoms with Crippen LogP contribution in [0.25, 0.3) is 0 Å². The zero-order chi connectivity index (χ0) is 16.4. The van der Waals surface area contributed by atoms with Gasteiger partial charge in [0.05, 0.1) is 0 Å². The molecule has 0 saturated carbocycles. The number of carboxylic acids is 1. The van der Waals surface area contributed by atoms with E-state index in [2.05, 4.69) is 0 Å². The molecule has 2 atom stereocenters. The zero-order valence-corrected chi connectivity index (χ0v) is 13.0. The lowest BCUT2D eigenvalue weighted by atomic mass is 9.74. The van der Waals surface area contributed by atoms with E-state index in [1.54, 1.807) is 4.90 Å². The molecule has 2 aliphatic heterocycles. The van der Waals surface area contributed by atoms with E-state index in [0.29, 0.717) is 12.8 Å². The summed E-state index contributed by atoms with van der Waals surface area (Å²) in [6, 6.07) is 9.22. The van der Waals surface area contributed by atoms with Crippen molar-refractivity contribution in [3.05, 3.63) is 35.9 Å². The van der Waals surface area contributed by atoms with Crippen molar-refractivity contribution in [1.29, 1.82) is 0 Å². The highest BCUT2D eigenvalue weighted by Crippen LogP contribution is 2.38. The summed E-state index contributed by atoms with van der Waals surface area (Å²) in [6.07, 6.45) is 2.77. The summed E-state index contributed by atoms with van der Waals surface area (Å²) in [7, 11) is 0. The molecule has 2 saturated heterocycles. The Balaban J connectivity index is 1.68. The Morgan fingerprint density at radius 1 is 1.22 bits per heavy atom. The Hall–Kier alpha value is -2.08. The molecule has 23 heavy (non-hydrogen) atoms. The van der Waals surface area contributed by atoms with Gasteiger partial charge in [0.15, 0.2) is 0 Å². The summed E-state index contributed by atoms with van der Waals surface area (Å²) in [5.74, 6) is -0.980. The highest BCUT2D eigenvalue weighted by molar-refractivity contribution is 5.79. The van der Waals surface area contributed by atoms with E-state index >= 15 is 0 Å². The van der Waals surface area contributed by atoms with Crippen LogP contribution in [0.5, 0.6) is 0 Å². The second kappa shape index (κ2) is 6.20.